The quantitative estimate of drug-likeness (QED) is 0.846. The Morgan fingerprint density at radius 2 is 1.86 bits per heavy atom. The molecule has 1 fully saturated rings. The molecule has 1 saturated heterocycles. The molecule has 0 radical (unpaired) electrons. The minimum absolute atomic E-state index is 0.0608. The van der Waals surface area contributed by atoms with Crippen LogP contribution in [0.2, 0.25) is 5.02 Å². The van der Waals surface area contributed by atoms with E-state index in [0.717, 1.165) is 26.2 Å². The van der Waals surface area contributed by atoms with Crippen LogP contribution in [0.3, 0.4) is 0 Å². The number of hydrogen-bond donors (Lipinski definition) is 0. The lowest BCUT2D eigenvalue weighted by molar-refractivity contribution is -0.119. The van der Waals surface area contributed by atoms with Gasteiger partial charge >= 0.3 is 0 Å². The van der Waals surface area contributed by atoms with E-state index in [-0.39, 0.29) is 16.7 Å². The van der Waals surface area contributed by atoms with Gasteiger partial charge in [-0.25, -0.2) is 4.39 Å². The normalized spacial score (nSPS) is 17.5. The van der Waals surface area contributed by atoms with Gasteiger partial charge in [0.15, 0.2) is 0 Å². The molecule has 0 aliphatic carbocycles. The number of Topliss-reactive ketones (excluding diaryl/α,β-unsaturated/α-hetero) is 1. The fourth-order valence-electron chi connectivity index (χ4n) is 2.49. The lowest BCUT2D eigenvalue weighted by atomic mass is 9.94. The fraction of sp³-hybridized carbons (Fsp3) is 0.588. The van der Waals surface area contributed by atoms with Crippen molar-refractivity contribution in [2.75, 3.05) is 39.8 Å². The zero-order valence-corrected chi connectivity index (χ0v) is 14.7. The van der Waals surface area contributed by atoms with Crippen LogP contribution in [0.15, 0.2) is 18.2 Å². The van der Waals surface area contributed by atoms with Crippen LogP contribution in [-0.4, -0.2) is 55.4 Å². The van der Waals surface area contributed by atoms with Crippen molar-refractivity contribution in [3.63, 3.8) is 0 Å². The predicted octanol–water partition coefficient (Wildman–Crippen LogP) is 3.43. The number of likely N-dealkylation sites (N-methyl/N-ethyl adjacent to an activating group) is 1. The second kappa shape index (κ2) is 9.23. The van der Waals surface area contributed by atoms with Crippen LogP contribution in [0.4, 0.5) is 4.39 Å². The van der Waals surface area contributed by atoms with Crippen LogP contribution in [0, 0.1) is 5.82 Å². The summed E-state index contributed by atoms with van der Waals surface area (Å²) in [4.78, 5) is 16.4. The van der Waals surface area contributed by atoms with Crippen LogP contribution < -0.4 is 0 Å². The molecule has 1 aromatic carbocycles. The van der Waals surface area contributed by atoms with Gasteiger partial charge in [0.25, 0.3) is 0 Å². The number of halogens is 2. The lowest BCUT2D eigenvalue weighted by Crippen LogP contribution is -2.46. The number of hydrogen-bond acceptors (Lipinski definition) is 3. The first-order valence-corrected chi connectivity index (χ1v) is 8.21. The summed E-state index contributed by atoms with van der Waals surface area (Å²) in [6, 6.07) is 4.64. The molecule has 0 aromatic heterocycles. The van der Waals surface area contributed by atoms with E-state index in [2.05, 4.69) is 16.8 Å². The Balaban J connectivity index is 0.00000116. The van der Waals surface area contributed by atoms with Crippen molar-refractivity contribution >= 4 is 17.4 Å². The van der Waals surface area contributed by atoms with Crippen molar-refractivity contribution in [1.29, 1.82) is 0 Å². The summed E-state index contributed by atoms with van der Waals surface area (Å²) in [6.45, 7) is 10.1. The average Bonchev–Trinajstić information content (AvgIpc) is 2.51. The van der Waals surface area contributed by atoms with E-state index in [4.69, 9.17) is 11.6 Å². The third kappa shape index (κ3) is 5.34. The van der Waals surface area contributed by atoms with Gasteiger partial charge in [0.05, 0.1) is 10.9 Å². The standard InChI is InChI=1S/C15H20ClFN2O.C2H6/c1-11(20)13(10-19-7-5-18(2)6-8-19)12-3-4-14(16)15(17)9-12;1-2/h3-4,9,13H,5-8,10H2,1-2H3;1-2H3. The van der Waals surface area contributed by atoms with Gasteiger partial charge in [0.1, 0.15) is 11.6 Å². The molecular formula is C17H26ClFN2O. The SMILES string of the molecule is CC.CC(=O)C(CN1CCN(C)CC1)c1ccc(Cl)c(F)c1. The summed E-state index contributed by atoms with van der Waals surface area (Å²) in [5.74, 6) is -0.690. The third-order valence-corrected chi connectivity index (χ3v) is 4.18. The Morgan fingerprint density at radius 3 is 2.36 bits per heavy atom. The summed E-state index contributed by atoms with van der Waals surface area (Å²) in [5, 5.41) is 0.0932. The lowest BCUT2D eigenvalue weighted by Gasteiger charge is -2.34. The minimum Gasteiger partial charge on any atom is -0.304 e. The molecule has 1 unspecified atom stereocenters. The van der Waals surface area contributed by atoms with Gasteiger partial charge in [-0.1, -0.05) is 31.5 Å². The average molecular weight is 329 g/mol. The van der Waals surface area contributed by atoms with Gasteiger partial charge < -0.3 is 4.90 Å². The van der Waals surface area contributed by atoms with E-state index in [1.54, 1.807) is 13.0 Å². The molecule has 0 spiro atoms. The number of ketones is 1. The Kier molecular flexibility index (Phi) is 8.01. The zero-order valence-electron chi connectivity index (χ0n) is 13.9. The second-order valence-corrected chi connectivity index (χ2v) is 5.85. The number of piperazine rings is 1. The molecule has 1 aliphatic heterocycles. The highest BCUT2D eigenvalue weighted by atomic mass is 35.5. The molecule has 0 amide bonds. The van der Waals surface area contributed by atoms with Gasteiger partial charge in [0.2, 0.25) is 0 Å². The molecule has 0 bridgehead atoms. The van der Waals surface area contributed by atoms with Gasteiger partial charge in [-0.05, 0) is 31.7 Å². The topological polar surface area (TPSA) is 23.6 Å². The molecule has 1 aliphatic rings. The van der Waals surface area contributed by atoms with Crippen molar-refractivity contribution in [2.45, 2.75) is 26.7 Å². The van der Waals surface area contributed by atoms with Gasteiger partial charge in [0, 0.05) is 32.7 Å². The van der Waals surface area contributed by atoms with Crippen molar-refractivity contribution < 1.29 is 9.18 Å². The molecule has 0 saturated carbocycles. The molecular weight excluding hydrogens is 303 g/mol. The fourth-order valence-corrected chi connectivity index (χ4v) is 2.60. The van der Waals surface area contributed by atoms with E-state index in [1.165, 1.54) is 12.1 Å². The van der Waals surface area contributed by atoms with Gasteiger partial charge in [-0.15, -0.1) is 0 Å². The van der Waals surface area contributed by atoms with Crippen molar-refractivity contribution in [2.24, 2.45) is 0 Å². The zero-order chi connectivity index (χ0) is 16.7. The molecule has 22 heavy (non-hydrogen) atoms. The third-order valence-electron chi connectivity index (χ3n) is 3.87. The Morgan fingerprint density at radius 1 is 1.27 bits per heavy atom. The Hall–Kier alpha value is -0.970. The van der Waals surface area contributed by atoms with E-state index >= 15 is 0 Å². The largest absolute Gasteiger partial charge is 0.304 e. The first-order chi connectivity index (χ1) is 10.5. The number of rotatable bonds is 4. The molecule has 1 aromatic rings. The molecule has 124 valence electrons. The summed E-state index contributed by atoms with van der Waals surface area (Å²) in [5.41, 5.74) is 0.707. The highest BCUT2D eigenvalue weighted by Gasteiger charge is 2.23. The first-order valence-electron chi connectivity index (χ1n) is 7.83. The van der Waals surface area contributed by atoms with Crippen LogP contribution in [-0.2, 0) is 4.79 Å². The molecule has 2 rings (SSSR count). The van der Waals surface area contributed by atoms with Crippen LogP contribution >= 0.6 is 11.6 Å². The summed E-state index contributed by atoms with van der Waals surface area (Å²) < 4.78 is 13.6. The smallest absolute Gasteiger partial charge is 0.142 e. The van der Waals surface area contributed by atoms with E-state index in [9.17, 15) is 9.18 Å². The van der Waals surface area contributed by atoms with E-state index < -0.39 is 5.82 Å². The predicted molar refractivity (Wildman–Crippen MR) is 90.1 cm³/mol. The van der Waals surface area contributed by atoms with Gasteiger partial charge in [-0.3, -0.25) is 9.69 Å². The van der Waals surface area contributed by atoms with E-state index in [0.29, 0.717) is 12.1 Å². The van der Waals surface area contributed by atoms with Crippen LogP contribution in [0.1, 0.15) is 32.3 Å². The first kappa shape index (κ1) is 19.1. The molecule has 0 N–H and O–H groups in total. The number of nitrogens with zero attached hydrogens (tertiary/aromatic N) is 2. The van der Waals surface area contributed by atoms with Crippen LogP contribution in [0.25, 0.3) is 0 Å². The highest BCUT2D eigenvalue weighted by Crippen LogP contribution is 2.23. The molecule has 1 heterocycles. The van der Waals surface area contributed by atoms with E-state index in [1.807, 2.05) is 13.8 Å². The Bertz CT molecular complexity index is 488. The van der Waals surface area contributed by atoms with Gasteiger partial charge in [-0.2, -0.15) is 0 Å². The summed E-state index contributed by atoms with van der Waals surface area (Å²) in [6.07, 6.45) is 0. The number of carbonyl (C=O) groups excluding carboxylic acids is 1. The Labute approximate surface area is 138 Å². The number of carbonyl (C=O) groups is 1. The van der Waals surface area contributed by atoms with Crippen molar-refractivity contribution in [3.8, 4) is 0 Å². The monoisotopic (exact) mass is 328 g/mol. The molecule has 1 atom stereocenters. The second-order valence-electron chi connectivity index (χ2n) is 5.44. The summed E-state index contributed by atoms with van der Waals surface area (Å²) >= 11 is 5.70. The maximum Gasteiger partial charge on any atom is 0.142 e. The number of benzene rings is 1. The minimum atomic E-state index is -0.464. The molecule has 3 nitrogen and oxygen atoms in total. The van der Waals surface area contributed by atoms with Crippen molar-refractivity contribution in [3.05, 3.63) is 34.6 Å². The maximum atomic E-state index is 13.6. The maximum absolute atomic E-state index is 13.6. The molecule has 5 heteroatoms. The van der Waals surface area contributed by atoms with Crippen molar-refractivity contribution in [1.82, 2.24) is 9.80 Å². The van der Waals surface area contributed by atoms with Crippen LogP contribution in [0.5, 0.6) is 0 Å². The highest BCUT2D eigenvalue weighted by molar-refractivity contribution is 6.30. The summed E-state index contributed by atoms with van der Waals surface area (Å²) in [7, 11) is 2.09.